The van der Waals surface area contributed by atoms with E-state index in [0.717, 1.165) is 42.6 Å². The molecule has 0 aliphatic carbocycles. The molecule has 102 valence electrons. The van der Waals surface area contributed by atoms with Gasteiger partial charge in [-0.15, -0.1) is 0 Å². The molecule has 0 aliphatic rings. The third-order valence-corrected chi connectivity index (χ3v) is 3.18. The second-order valence-corrected chi connectivity index (χ2v) is 4.81. The predicted octanol–water partition coefficient (Wildman–Crippen LogP) is 3.39. The van der Waals surface area contributed by atoms with Crippen LogP contribution in [0.4, 0.5) is 0 Å². The zero-order valence-corrected chi connectivity index (χ0v) is 11.7. The van der Waals surface area contributed by atoms with Crippen LogP contribution in [0.5, 0.6) is 5.75 Å². The summed E-state index contributed by atoms with van der Waals surface area (Å²) in [5, 5.41) is 4.55. The van der Waals surface area contributed by atoms with Crippen LogP contribution in [0.25, 0.3) is 10.9 Å². The smallest absolute Gasteiger partial charge is 0.121 e. The van der Waals surface area contributed by atoms with E-state index in [1.54, 1.807) is 0 Å². The van der Waals surface area contributed by atoms with E-state index in [9.17, 15) is 0 Å². The first-order chi connectivity index (χ1) is 9.29. The Morgan fingerprint density at radius 1 is 1.32 bits per heavy atom. The van der Waals surface area contributed by atoms with Crippen LogP contribution in [0, 0.1) is 0 Å². The summed E-state index contributed by atoms with van der Waals surface area (Å²) in [6.07, 6.45) is 4.01. The topological polar surface area (TPSA) is 34.1 Å². The van der Waals surface area contributed by atoms with Crippen molar-refractivity contribution in [3.63, 3.8) is 0 Å². The highest BCUT2D eigenvalue weighted by Gasteiger charge is 2.01. The van der Waals surface area contributed by atoms with Crippen LogP contribution in [0.1, 0.15) is 26.7 Å². The minimum Gasteiger partial charge on any atom is -0.494 e. The normalized spacial score (nSPS) is 12.5. The summed E-state index contributed by atoms with van der Waals surface area (Å²) in [4.78, 5) is 4.33. The molecule has 0 radical (unpaired) electrons. The third kappa shape index (κ3) is 4.21. The lowest BCUT2D eigenvalue weighted by molar-refractivity contribution is 0.298. The average molecular weight is 258 g/mol. The van der Waals surface area contributed by atoms with Crippen molar-refractivity contribution in [3.05, 3.63) is 36.5 Å². The van der Waals surface area contributed by atoms with Crippen LogP contribution in [0.2, 0.25) is 0 Å². The van der Waals surface area contributed by atoms with Crippen molar-refractivity contribution in [2.75, 3.05) is 13.2 Å². The fraction of sp³-hybridized carbons (Fsp3) is 0.438. The molecule has 0 aliphatic heterocycles. The molecule has 0 saturated carbocycles. The summed E-state index contributed by atoms with van der Waals surface area (Å²) in [5.41, 5.74) is 0.987. The van der Waals surface area contributed by atoms with Gasteiger partial charge in [0.1, 0.15) is 5.75 Å². The van der Waals surface area contributed by atoms with Crippen molar-refractivity contribution < 1.29 is 4.74 Å². The van der Waals surface area contributed by atoms with Crippen molar-refractivity contribution in [2.45, 2.75) is 32.7 Å². The number of rotatable bonds is 7. The Labute approximate surface area is 115 Å². The minimum atomic E-state index is 0.562. The van der Waals surface area contributed by atoms with E-state index in [2.05, 4.69) is 36.3 Å². The zero-order chi connectivity index (χ0) is 13.5. The Morgan fingerprint density at radius 3 is 3.05 bits per heavy atom. The molecule has 1 aromatic heterocycles. The Hall–Kier alpha value is -1.61. The third-order valence-electron chi connectivity index (χ3n) is 3.18. The van der Waals surface area contributed by atoms with Gasteiger partial charge in [0.05, 0.1) is 12.1 Å². The lowest BCUT2D eigenvalue weighted by Crippen LogP contribution is -2.25. The summed E-state index contributed by atoms with van der Waals surface area (Å²) >= 11 is 0. The van der Waals surface area contributed by atoms with E-state index in [-0.39, 0.29) is 0 Å². The second-order valence-electron chi connectivity index (χ2n) is 4.81. The molecule has 1 heterocycles. The van der Waals surface area contributed by atoms with Gasteiger partial charge in [0.25, 0.3) is 0 Å². The van der Waals surface area contributed by atoms with Crippen molar-refractivity contribution >= 4 is 10.9 Å². The van der Waals surface area contributed by atoms with Crippen molar-refractivity contribution in [1.29, 1.82) is 0 Å². The van der Waals surface area contributed by atoms with Crippen molar-refractivity contribution in [1.82, 2.24) is 10.3 Å². The number of benzene rings is 1. The summed E-state index contributed by atoms with van der Waals surface area (Å²) in [6, 6.07) is 10.6. The SMILES string of the molecule is CCNC(C)CCCOc1ccc2cccnc2c1. The molecule has 1 N–H and O–H groups in total. The molecule has 19 heavy (non-hydrogen) atoms. The number of ether oxygens (including phenoxy) is 1. The zero-order valence-electron chi connectivity index (χ0n) is 11.7. The predicted molar refractivity (Wildman–Crippen MR) is 79.6 cm³/mol. The van der Waals surface area contributed by atoms with Crippen LogP contribution in [0.15, 0.2) is 36.5 Å². The van der Waals surface area contributed by atoms with E-state index in [4.69, 9.17) is 4.74 Å². The van der Waals surface area contributed by atoms with Gasteiger partial charge in [0.15, 0.2) is 0 Å². The molecule has 3 nitrogen and oxygen atoms in total. The molecule has 2 rings (SSSR count). The van der Waals surface area contributed by atoms with E-state index < -0.39 is 0 Å². The summed E-state index contributed by atoms with van der Waals surface area (Å²) in [7, 11) is 0. The first kappa shape index (κ1) is 13.8. The highest BCUT2D eigenvalue weighted by Crippen LogP contribution is 2.18. The van der Waals surface area contributed by atoms with Gasteiger partial charge >= 0.3 is 0 Å². The molecular formula is C16H22N2O. The minimum absolute atomic E-state index is 0.562. The van der Waals surface area contributed by atoms with Gasteiger partial charge in [-0.2, -0.15) is 0 Å². The van der Waals surface area contributed by atoms with E-state index in [1.807, 2.05) is 24.4 Å². The highest BCUT2D eigenvalue weighted by molar-refractivity contribution is 5.79. The summed E-state index contributed by atoms with van der Waals surface area (Å²) in [6.45, 7) is 6.13. The molecule has 0 amide bonds. The van der Waals surface area contributed by atoms with Crippen LogP contribution in [0.3, 0.4) is 0 Å². The maximum Gasteiger partial charge on any atom is 0.121 e. The summed E-state index contributed by atoms with van der Waals surface area (Å²) < 4.78 is 5.77. The standard InChI is InChI=1S/C16H22N2O/c1-3-17-13(2)6-5-11-19-15-9-8-14-7-4-10-18-16(14)12-15/h4,7-10,12-13,17H,3,5-6,11H2,1-2H3. The Bertz CT molecular complexity index is 513. The Kier molecular flexibility index (Phi) is 5.16. The van der Waals surface area contributed by atoms with Crippen LogP contribution < -0.4 is 10.1 Å². The number of hydrogen-bond donors (Lipinski definition) is 1. The molecular weight excluding hydrogens is 236 g/mol. The first-order valence-corrected chi connectivity index (χ1v) is 7.00. The second kappa shape index (κ2) is 7.10. The van der Waals surface area contributed by atoms with Gasteiger partial charge in [-0.05, 0) is 44.5 Å². The maximum absolute atomic E-state index is 5.77. The van der Waals surface area contributed by atoms with Gasteiger partial charge in [-0.1, -0.05) is 13.0 Å². The fourth-order valence-electron chi connectivity index (χ4n) is 2.17. The number of nitrogens with zero attached hydrogens (tertiary/aromatic N) is 1. The fourth-order valence-corrected chi connectivity index (χ4v) is 2.17. The Balaban J connectivity index is 1.81. The highest BCUT2D eigenvalue weighted by atomic mass is 16.5. The van der Waals surface area contributed by atoms with E-state index in [1.165, 1.54) is 0 Å². The van der Waals surface area contributed by atoms with Crippen molar-refractivity contribution in [3.8, 4) is 5.75 Å². The number of fused-ring (bicyclic) bond motifs is 1. The van der Waals surface area contributed by atoms with Crippen LogP contribution in [-0.2, 0) is 0 Å². The number of aromatic nitrogens is 1. The molecule has 1 unspecified atom stereocenters. The number of pyridine rings is 1. The van der Waals surface area contributed by atoms with Gasteiger partial charge < -0.3 is 10.1 Å². The van der Waals surface area contributed by atoms with Crippen LogP contribution in [-0.4, -0.2) is 24.2 Å². The van der Waals surface area contributed by atoms with Crippen LogP contribution >= 0.6 is 0 Å². The van der Waals surface area contributed by atoms with E-state index in [0.29, 0.717) is 6.04 Å². The average Bonchev–Trinajstić information content (AvgIpc) is 2.44. The lowest BCUT2D eigenvalue weighted by atomic mass is 10.2. The number of hydrogen-bond acceptors (Lipinski definition) is 3. The molecule has 0 spiro atoms. The van der Waals surface area contributed by atoms with E-state index >= 15 is 0 Å². The molecule has 0 fully saturated rings. The largest absolute Gasteiger partial charge is 0.494 e. The molecule has 2 aromatic rings. The molecule has 1 atom stereocenters. The quantitative estimate of drug-likeness (QED) is 0.773. The molecule has 0 bridgehead atoms. The maximum atomic E-state index is 5.77. The lowest BCUT2D eigenvalue weighted by Gasteiger charge is -2.12. The first-order valence-electron chi connectivity index (χ1n) is 7.00. The van der Waals surface area contributed by atoms with Gasteiger partial charge in [-0.25, -0.2) is 0 Å². The molecule has 1 aromatic carbocycles. The van der Waals surface area contributed by atoms with Crippen molar-refractivity contribution in [2.24, 2.45) is 0 Å². The van der Waals surface area contributed by atoms with Gasteiger partial charge in [0, 0.05) is 23.7 Å². The van der Waals surface area contributed by atoms with Gasteiger partial charge in [0.2, 0.25) is 0 Å². The Morgan fingerprint density at radius 2 is 2.21 bits per heavy atom. The van der Waals surface area contributed by atoms with Gasteiger partial charge in [-0.3, -0.25) is 4.98 Å². The number of nitrogens with one attached hydrogen (secondary N) is 1. The molecule has 3 heteroatoms. The summed E-state index contributed by atoms with van der Waals surface area (Å²) in [5.74, 6) is 0.905. The molecule has 0 saturated heterocycles. The monoisotopic (exact) mass is 258 g/mol.